The molecule has 0 spiro atoms. The molecule has 0 aliphatic heterocycles. The topological polar surface area (TPSA) is 135 Å². The van der Waals surface area contributed by atoms with Crippen molar-refractivity contribution >= 4 is 27.1 Å². The Hall–Kier alpha value is -0.760. The van der Waals surface area contributed by atoms with Crippen molar-refractivity contribution in [3.63, 3.8) is 0 Å². The van der Waals surface area contributed by atoms with Crippen molar-refractivity contribution in [1.29, 1.82) is 0 Å². The molecule has 0 saturated carbocycles. The Morgan fingerprint density at radius 1 is 1.08 bits per heavy atom. The fraction of sp³-hybridized carbons (Fsp3) is 0.833. The molecule has 0 amide bonds. The molecule has 1 N–H and O–H groups in total. The van der Waals surface area contributed by atoms with Gasteiger partial charge in [0.15, 0.2) is 0 Å². The van der Waals surface area contributed by atoms with Gasteiger partial charge in [-0.15, -0.1) is 0 Å². The van der Waals surface area contributed by atoms with Gasteiger partial charge in [0.25, 0.3) is 5.85 Å². The van der Waals surface area contributed by atoms with Crippen LogP contribution in [0.15, 0.2) is 0 Å². The van der Waals surface area contributed by atoms with Gasteiger partial charge in [-0.1, -0.05) is 0 Å². The highest BCUT2D eigenvalue weighted by molar-refractivity contribution is 7.58. The first-order valence-electron chi connectivity index (χ1n) is 7.17. The Labute approximate surface area is 140 Å². The van der Waals surface area contributed by atoms with Crippen molar-refractivity contribution in [3.05, 3.63) is 0 Å². The summed E-state index contributed by atoms with van der Waals surface area (Å²) in [5, 5.41) is 9.25. The van der Waals surface area contributed by atoms with Crippen LogP contribution in [-0.2, 0) is 41.6 Å². The molecule has 12 heteroatoms. The molecule has 0 rings (SSSR count). The third-order valence-electron chi connectivity index (χ3n) is 2.35. The Morgan fingerprint density at radius 2 is 1.58 bits per heavy atom. The smallest absolute Gasteiger partial charge is 0.371 e. The average Bonchev–Trinajstić information content (AvgIpc) is 2.44. The molecule has 10 nitrogen and oxygen atoms in total. The monoisotopic (exact) mass is 390 g/mol. The van der Waals surface area contributed by atoms with E-state index >= 15 is 0 Å². The highest BCUT2D eigenvalue weighted by Gasteiger charge is 2.48. The summed E-state index contributed by atoms with van der Waals surface area (Å²) in [6, 6.07) is 0. The van der Waals surface area contributed by atoms with Crippen LogP contribution in [-0.4, -0.2) is 55.5 Å². The minimum Gasteiger partial charge on any atom is -0.479 e. The quantitative estimate of drug-likeness (QED) is 0.391. The van der Waals surface area contributed by atoms with Gasteiger partial charge in [-0.3, -0.25) is 18.4 Å². The third kappa shape index (κ3) is 7.42. The molecule has 0 saturated heterocycles. The fourth-order valence-corrected chi connectivity index (χ4v) is 4.83. The predicted octanol–water partition coefficient (Wildman–Crippen LogP) is 2.47. The standard InChI is InChI=1S/C12H24O10P2/c1-6-19-24(17,20-7-2)12(11(14)15)22-23(16,18-5)8-10(13)21-9(3)4/h9,12H,6-8H2,1-5H3,(H,14,15). The van der Waals surface area contributed by atoms with E-state index in [9.17, 15) is 23.8 Å². The Balaban J connectivity index is 5.45. The van der Waals surface area contributed by atoms with Crippen molar-refractivity contribution in [1.82, 2.24) is 0 Å². The molecule has 2 unspecified atom stereocenters. The van der Waals surface area contributed by atoms with Crippen molar-refractivity contribution in [2.45, 2.75) is 39.6 Å². The molecule has 0 radical (unpaired) electrons. The molecule has 0 bridgehead atoms. The van der Waals surface area contributed by atoms with Gasteiger partial charge in [0.1, 0.15) is 6.16 Å². The fourth-order valence-electron chi connectivity index (χ4n) is 1.53. The first-order chi connectivity index (χ1) is 11.0. The van der Waals surface area contributed by atoms with Gasteiger partial charge in [0.2, 0.25) is 0 Å². The molecule has 0 aromatic heterocycles. The summed E-state index contributed by atoms with van der Waals surface area (Å²) < 4.78 is 49.2. The maximum atomic E-state index is 12.6. The van der Waals surface area contributed by atoms with Gasteiger partial charge in [-0.05, 0) is 27.7 Å². The molecule has 0 aliphatic rings. The first-order valence-corrected chi connectivity index (χ1v) is 10.5. The van der Waals surface area contributed by atoms with Crippen molar-refractivity contribution in [3.8, 4) is 0 Å². The SMILES string of the molecule is CCOP(=O)(OCC)C(OP(=O)(CC(=O)OC(C)C)OC)C(=O)O. The second-order valence-electron chi connectivity index (χ2n) is 4.66. The molecular weight excluding hydrogens is 366 g/mol. The lowest BCUT2D eigenvalue weighted by Gasteiger charge is -2.26. The molecule has 142 valence electrons. The summed E-state index contributed by atoms with van der Waals surface area (Å²) in [6.45, 7) is 5.85. The Kier molecular flexibility index (Phi) is 9.96. The Morgan fingerprint density at radius 3 is 1.92 bits per heavy atom. The summed E-state index contributed by atoms with van der Waals surface area (Å²) in [5.74, 6) is -4.85. The number of carbonyl (C=O) groups excluding carboxylic acids is 1. The van der Waals surface area contributed by atoms with E-state index in [4.69, 9.17) is 18.3 Å². The zero-order chi connectivity index (χ0) is 19.0. The molecule has 0 aromatic carbocycles. The van der Waals surface area contributed by atoms with E-state index in [-0.39, 0.29) is 13.2 Å². The number of aliphatic carboxylic acids is 1. The lowest BCUT2D eigenvalue weighted by molar-refractivity contribution is -0.146. The summed E-state index contributed by atoms with van der Waals surface area (Å²) in [5.41, 5.74) is 0. The summed E-state index contributed by atoms with van der Waals surface area (Å²) in [4.78, 5) is 23.0. The summed E-state index contributed by atoms with van der Waals surface area (Å²) in [6.07, 6.45) is -1.32. The zero-order valence-electron chi connectivity index (χ0n) is 14.3. The lowest BCUT2D eigenvalue weighted by atomic mass is 10.5. The molecule has 2 atom stereocenters. The van der Waals surface area contributed by atoms with Crippen LogP contribution in [0, 0.1) is 0 Å². The van der Waals surface area contributed by atoms with Crippen LogP contribution in [0.5, 0.6) is 0 Å². The summed E-state index contributed by atoms with van der Waals surface area (Å²) in [7, 11) is -7.58. The Bertz CT molecular complexity index is 508. The van der Waals surface area contributed by atoms with Gasteiger partial charge in [-0.25, -0.2) is 4.79 Å². The maximum Gasteiger partial charge on any atom is 0.371 e. The second kappa shape index (κ2) is 10.3. The normalized spacial score (nSPS) is 15.8. The van der Waals surface area contributed by atoms with Crippen LogP contribution in [0.25, 0.3) is 0 Å². The van der Waals surface area contributed by atoms with Crippen LogP contribution in [0.3, 0.4) is 0 Å². The third-order valence-corrected chi connectivity index (χ3v) is 6.38. The average molecular weight is 390 g/mol. The number of esters is 1. The van der Waals surface area contributed by atoms with Crippen LogP contribution < -0.4 is 0 Å². The van der Waals surface area contributed by atoms with Crippen molar-refractivity contribution in [2.24, 2.45) is 0 Å². The molecule has 24 heavy (non-hydrogen) atoms. The number of carboxylic acid groups (broad SMARTS) is 1. The van der Waals surface area contributed by atoms with Crippen molar-refractivity contribution in [2.75, 3.05) is 26.5 Å². The van der Waals surface area contributed by atoms with E-state index in [1.165, 1.54) is 13.8 Å². The van der Waals surface area contributed by atoms with Crippen LogP contribution in [0.1, 0.15) is 27.7 Å². The van der Waals surface area contributed by atoms with E-state index in [1.54, 1.807) is 13.8 Å². The largest absolute Gasteiger partial charge is 0.479 e. The van der Waals surface area contributed by atoms with Gasteiger partial charge >= 0.3 is 27.1 Å². The zero-order valence-corrected chi connectivity index (χ0v) is 16.1. The van der Waals surface area contributed by atoms with Gasteiger partial charge in [0.05, 0.1) is 19.3 Å². The molecule has 0 fully saturated rings. The number of carbonyl (C=O) groups is 2. The number of hydrogen-bond acceptors (Lipinski definition) is 9. The van der Waals surface area contributed by atoms with Crippen LogP contribution >= 0.6 is 15.2 Å². The van der Waals surface area contributed by atoms with Crippen molar-refractivity contribution < 1.29 is 46.7 Å². The number of hydrogen-bond donors (Lipinski definition) is 1. The highest BCUT2D eigenvalue weighted by atomic mass is 31.2. The second-order valence-corrected chi connectivity index (χ2v) is 8.84. The number of rotatable bonds is 12. The number of carboxylic acids is 1. The van der Waals surface area contributed by atoms with E-state index in [0.29, 0.717) is 0 Å². The van der Waals surface area contributed by atoms with E-state index in [2.05, 4.69) is 4.52 Å². The first kappa shape index (κ1) is 23.2. The number of ether oxygens (including phenoxy) is 1. The van der Waals surface area contributed by atoms with E-state index in [1.807, 2.05) is 0 Å². The molecule has 0 heterocycles. The van der Waals surface area contributed by atoms with Crippen LogP contribution in [0.2, 0.25) is 0 Å². The van der Waals surface area contributed by atoms with Gasteiger partial charge < -0.3 is 23.4 Å². The van der Waals surface area contributed by atoms with Gasteiger partial charge in [0, 0.05) is 7.11 Å². The minimum absolute atomic E-state index is 0.128. The van der Waals surface area contributed by atoms with Gasteiger partial charge in [-0.2, -0.15) is 0 Å². The van der Waals surface area contributed by atoms with E-state index < -0.39 is 45.2 Å². The molecular formula is C12H24O10P2. The minimum atomic E-state index is -4.29. The maximum absolute atomic E-state index is 12.6. The van der Waals surface area contributed by atoms with E-state index in [0.717, 1.165) is 7.11 Å². The molecule has 0 aromatic rings. The predicted molar refractivity (Wildman–Crippen MR) is 84.1 cm³/mol. The summed E-state index contributed by atoms with van der Waals surface area (Å²) >= 11 is 0. The molecule has 0 aliphatic carbocycles. The highest BCUT2D eigenvalue weighted by Crippen LogP contribution is 2.60. The van der Waals surface area contributed by atoms with Crippen LogP contribution in [0.4, 0.5) is 0 Å². The lowest BCUT2D eigenvalue weighted by Crippen LogP contribution is -2.27.